The Bertz CT molecular complexity index is 606. The summed E-state index contributed by atoms with van der Waals surface area (Å²) in [5, 5.41) is 0. The van der Waals surface area contributed by atoms with E-state index < -0.39 is 11.7 Å². The highest BCUT2D eigenvalue weighted by molar-refractivity contribution is 5.21. The molecule has 2 aromatic rings. The number of ether oxygens (including phenoxy) is 1. The maximum Gasteiger partial charge on any atom is 0.417 e. The van der Waals surface area contributed by atoms with E-state index in [1.165, 1.54) is 6.07 Å². The first-order valence-electron chi connectivity index (χ1n) is 7.68. The van der Waals surface area contributed by atoms with Gasteiger partial charge in [0.25, 0.3) is 0 Å². The van der Waals surface area contributed by atoms with Crippen LogP contribution in [0.2, 0.25) is 0 Å². The average molecular weight is 340 g/mol. The minimum Gasteiger partial charge on any atom is -0.495 e. The molecular weight excluding hydrogens is 317 g/mol. The highest BCUT2D eigenvalue weighted by Crippen LogP contribution is 2.28. The lowest BCUT2D eigenvalue weighted by Crippen LogP contribution is -2.06. The molecule has 0 amide bonds. The predicted molar refractivity (Wildman–Crippen MR) is 88.2 cm³/mol. The third-order valence-electron chi connectivity index (χ3n) is 3.29. The van der Waals surface area contributed by atoms with Gasteiger partial charge in [-0.1, -0.05) is 27.7 Å². The van der Waals surface area contributed by atoms with Crippen LogP contribution in [0.4, 0.5) is 13.2 Å². The van der Waals surface area contributed by atoms with Gasteiger partial charge in [0.05, 0.1) is 18.9 Å². The van der Waals surface area contributed by atoms with E-state index in [0.717, 1.165) is 23.7 Å². The van der Waals surface area contributed by atoms with Gasteiger partial charge in [-0.25, -0.2) is 0 Å². The van der Waals surface area contributed by atoms with Crippen LogP contribution in [-0.4, -0.2) is 17.1 Å². The molecule has 3 nitrogen and oxygen atoms in total. The number of hydrogen-bond acceptors (Lipinski definition) is 3. The average Bonchev–Trinajstić information content (AvgIpc) is 2.54. The monoisotopic (exact) mass is 340 g/mol. The highest BCUT2D eigenvalue weighted by Gasteiger charge is 2.30. The number of methoxy groups -OCH3 is 1. The summed E-state index contributed by atoms with van der Waals surface area (Å²) in [4.78, 5) is 7.95. The fourth-order valence-electron chi connectivity index (χ4n) is 1.77. The molecule has 132 valence electrons. The van der Waals surface area contributed by atoms with E-state index in [2.05, 4.69) is 23.8 Å². The third-order valence-corrected chi connectivity index (χ3v) is 3.29. The Morgan fingerprint density at radius 3 is 1.62 bits per heavy atom. The zero-order valence-electron chi connectivity index (χ0n) is 14.6. The van der Waals surface area contributed by atoms with Crippen molar-refractivity contribution in [1.82, 2.24) is 9.97 Å². The fourth-order valence-corrected chi connectivity index (χ4v) is 1.77. The van der Waals surface area contributed by atoms with Gasteiger partial charge in [-0.05, 0) is 36.1 Å². The molecule has 24 heavy (non-hydrogen) atoms. The lowest BCUT2D eigenvalue weighted by Gasteiger charge is -2.08. The lowest BCUT2D eigenvalue weighted by atomic mass is 10.1. The molecule has 0 radical (unpaired) electrons. The van der Waals surface area contributed by atoms with Gasteiger partial charge in [0.2, 0.25) is 0 Å². The standard InChI is InChI=1S/C9H10F3N.C9H13NO/c1-6(2)8-4-3-7(5-13-8)9(10,11)12;1-7(2)9-5-4-8(11-3)6-10-9/h3-6H,1-2H3;4-7H,1-3H3. The van der Waals surface area contributed by atoms with E-state index in [1.807, 2.05) is 26.0 Å². The second-order valence-corrected chi connectivity index (χ2v) is 5.90. The first-order valence-corrected chi connectivity index (χ1v) is 7.68. The molecule has 0 unspecified atom stereocenters. The molecule has 0 N–H and O–H groups in total. The largest absolute Gasteiger partial charge is 0.495 e. The van der Waals surface area contributed by atoms with Crippen LogP contribution in [-0.2, 0) is 6.18 Å². The van der Waals surface area contributed by atoms with Crippen molar-refractivity contribution in [3.05, 3.63) is 53.6 Å². The number of rotatable bonds is 3. The number of alkyl halides is 3. The minimum atomic E-state index is -4.29. The van der Waals surface area contributed by atoms with Crippen molar-refractivity contribution in [2.45, 2.75) is 45.7 Å². The molecule has 2 rings (SSSR count). The molecule has 2 heterocycles. The quantitative estimate of drug-likeness (QED) is 0.746. The Labute approximate surface area is 140 Å². The van der Waals surface area contributed by atoms with E-state index >= 15 is 0 Å². The van der Waals surface area contributed by atoms with Gasteiger partial charge in [0.15, 0.2) is 0 Å². The van der Waals surface area contributed by atoms with Gasteiger partial charge in [0.1, 0.15) is 5.75 Å². The molecule has 2 aromatic heterocycles. The van der Waals surface area contributed by atoms with Gasteiger partial charge in [0, 0.05) is 17.6 Å². The summed E-state index contributed by atoms with van der Waals surface area (Å²) in [5.74, 6) is 1.46. The minimum absolute atomic E-state index is 0.155. The molecule has 6 heteroatoms. The summed E-state index contributed by atoms with van der Waals surface area (Å²) in [6, 6.07) is 6.39. The Balaban J connectivity index is 0.000000243. The number of hydrogen-bond donors (Lipinski definition) is 0. The Kier molecular flexibility index (Phi) is 7.19. The zero-order chi connectivity index (χ0) is 18.3. The van der Waals surface area contributed by atoms with Crippen LogP contribution in [0.15, 0.2) is 36.7 Å². The summed E-state index contributed by atoms with van der Waals surface area (Å²) in [6.07, 6.45) is -1.67. The summed E-state index contributed by atoms with van der Waals surface area (Å²) in [7, 11) is 1.64. The van der Waals surface area contributed by atoms with Crippen molar-refractivity contribution >= 4 is 0 Å². The topological polar surface area (TPSA) is 35.0 Å². The summed E-state index contributed by atoms with van der Waals surface area (Å²) in [6.45, 7) is 8.01. The van der Waals surface area contributed by atoms with Crippen molar-refractivity contribution in [2.75, 3.05) is 7.11 Å². The second kappa shape index (κ2) is 8.66. The van der Waals surface area contributed by atoms with Crippen LogP contribution >= 0.6 is 0 Å². The lowest BCUT2D eigenvalue weighted by molar-refractivity contribution is -0.137. The number of pyridine rings is 2. The zero-order valence-corrected chi connectivity index (χ0v) is 14.6. The molecule has 0 aromatic carbocycles. The van der Waals surface area contributed by atoms with Gasteiger partial charge >= 0.3 is 6.18 Å². The predicted octanol–water partition coefficient (Wildman–Crippen LogP) is 5.44. The number of aromatic nitrogens is 2. The van der Waals surface area contributed by atoms with Crippen molar-refractivity contribution in [3.8, 4) is 5.75 Å². The maximum atomic E-state index is 12.1. The van der Waals surface area contributed by atoms with Gasteiger partial charge < -0.3 is 4.74 Å². The Morgan fingerprint density at radius 1 is 0.833 bits per heavy atom. The smallest absolute Gasteiger partial charge is 0.417 e. The van der Waals surface area contributed by atoms with E-state index in [9.17, 15) is 13.2 Å². The van der Waals surface area contributed by atoms with Gasteiger partial charge in [-0.2, -0.15) is 13.2 Å². The van der Waals surface area contributed by atoms with E-state index in [4.69, 9.17) is 4.74 Å². The summed E-state index contributed by atoms with van der Waals surface area (Å²) in [5.41, 5.74) is 1.08. The summed E-state index contributed by atoms with van der Waals surface area (Å²) < 4.78 is 41.2. The normalized spacial score (nSPS) is 11.2. The molecular formula is C18H23F3N2O. The van der Waals surface area contributed by atoms with Crippen molar-refractivity contribution in [3.63, 3.8) is 0 Å². The fraction of sp³-hybridized carbons (Fsp3) is 0.444. The molecule has 0 saturated carbocycles. The first-order chi connectivity index (χ1) is 11.1. The van der Waals surface area contributed by atoms with Crippen molar-refractivity contribution in [1.29, 1.82) is 0 Å². The second-order valence-electron chi connectivity index (χ2n) is 5.90. The van der Waals surface area contributed by atoms with Crippen molar-refractivity contribution in [2.24, 2.45) is 0 Å². The van der Waals surface area contributed by atoms with E-state index in [0.29, 0.717) is 11.6 Å². The molecule has 0 spiro atoms. The van der Waals surface area contributed by atoms with Crippen LogP contribution in [0.5, 0.6) is 5.75 Å². The van der Waals surface area contributed by atoms with E-state index in [1.54, 1.807) is 13.3 Å². The Hall–Kier alpha value is -2.11. The van der Waals surface area contributed by atoms with Gasteiger partial charge in [-0.15, -0.1) is 0 Å². The molecule has 0 atom stereocenters. The summed E-state index contributed by atoms with van der Waals surface area (Å²) >= 11 is 0. The molecule has 0 fully saturated rings. The van der Waals surface area contributed by atoms with Crippen LogP contribution in [0.1, 0.15) is 56.5 Å². The number of halogens is 3. The molecule has 0 aliphatic carbocycles. The molecule has 0 aliphatic rings. The first kappa shape index (κ1) is 19.9. The van der Waals surface area contributed by atoms with Crippen LogP contribution < -0.4 is 4.74 Å². The molecule has 0 saturated heterocycles. The van der Waals surface area contributed by atoms with Gasteiger partial charge in [-0.3, -0.25) is 9.97 Å². The maximum absolute atomic E-state index is 12.1. The van der Waals surface area contributed by atoms with E-state index in [-0.39, 0.29) is 5.92 Å². The SMILES string of the molecule is CC(C)c1ccc(C(F)(F)F)cn1.COc1ccc(C(C)C)nc1. The highest BCUT2D eigenvalue weighted by atomic mass is 19.4. The van der Waals surface area contributed by atoms with Crippen LogP contribution in [0.25, 0.3) is 0 Å². The van der Waals surface area contributed by atoms with Crippen LogP contribution in [0.3, 0.4) is 0 Å². The Morgan fingerprint density at radius 2 is 1.33 bits per heavy atom. The van der Waals surface area contributed by atoms with Crippen molar-refractivity contribution < 1.29 is 17.9 Å². The molecule has 0 aliphatic heterocycles. The molecule has 0 bridgehead atoms. The third kappa shape index (κ3) is 6.18. The van der Waals surface area contributed by atoms with Crippen LogP contribution in [0, 0.1) is 0 Å². The number of nitrogens with zero attached hydrogens (tertiary/aromatic N) is 2.